The maximum Gasteiger partial charge on any atom is 0.328 e. The Labute approximate surface area is 244 Å². The SMILES string of the molecule is NC(CN1CCN(Cc2ccccc2)CC1)c1nc2ccc(F)cc2s1.O=C(O)/C=C/C(=O)O.O=C(O)/C=C/C(=O)O. The van der Waals surface area contributed by atoms with Crippen molar-refractivity contribution in [2.75, 3.05) is 32.7 Å². The Bertz CT molecular complexity index is 1340. The van der Waals surface area contributed by atoms with Crippen LogP contribution in [0.2, 0.25) is 0 Å². The van der Waals surface area contributed by atoms with Gasteiger partial charge in [-0.3, -0.25) is 9.80 Å². The third kappa shape index (κ3) is 13.2. The van der Waals surface area contributed by atoms with Crippen molar-refractivity contribution in [3.8, 4) is 0 Å². The van der Waals surface area contributed by atoms with E-state index in [2.05, 4.69) is 45.1 Å². The number of aromatic nitrogens is 1. The summed E-state index contributed by atoms with van der Waals surface area (Å²) in [5, 5.41) is 32.1. The highest BCUT2D eigenvalue weighted by Crippen LogP contribution is 2.26. The topological polar surface area (TPSA) is 195 Å². The van der Waals surface area contributed by atoms with E-state index in [9.17, 15) is 23.6 Å². The molecular formula is C28H31FN4O8S. The van der Waals surface area contributed by atoms with Gasteiger partial charge in [0.05, 0.1) is 16.3 Å². The summed E-state index contributed by atoms with van der Waals surface area (Å²) >= 11 is 1.50. The zero-order valence-electron chi connectivity index (χ0n) is 22.4. The highest BCUT2D eigenvalue weighted by atomic mass is 32.1. The van der Waals surface area contributed by atoms with Crippen molar-refractivity contribution in [3.05, 3.63) is 89.2 Å². The first-order valence-electron chi connectivity index (χ1n) is 12.5. The van der Waals surface area contributed by atoms with Gasteiger partial charge < -0.3 is 26.2 Å². The van der Waals surface area contributed by atoms with Crippen LogP contribution in [-0.4, -0.2) is 91.8 Å². The summed E-state index contributed by atoms with van der Waals surface area (Å²) in [6.07, 6.45) is 2.23. The lowest BCUT2D eigenvalue weighted by Gasteiger charge is -2.35. The number of fused-ring (bicyclic) bond motifs is 1. The van der Waals surface area contributed by atoms with Crippen molar-refractivity contribution in [3.63, 3.8) is 0 Å². The number of nitrogens with zero attached hydrogens (tertiary/aromatic N) is 3. The Morgan fingerprint density at radius 3 is 1.83 bits per heavy atom. The van der Waals surface area contributed by atoms with Crippen molar-refractivity contribution in [1.29, 1.82) is 0 Å². The molecule has 0 bridgehead atoms. The lowest BCUT2D eigenvalue weighted by molar-refractivity contribution is -0.134. The number of benzene rings is 2. The van der Waals surface area contributed by atoms with Gasteiger partial charge in [-0.1, -0.05) is 30.3 Å². The summed E-state index contributed by atoms with van der Waals surface area (Å²) in [7, 11) is 0. The quantitative estimate of drug-likeness (QED) is 0.225. The third-order valence-corrected chi connectivity index (χ3v) is 6.74. The molecule has 1 atom stereocenters. The Kier molecular flexibility index (Phi) is 13.9. The lowest BCUT2D eigenvalue weighted by atomic mass is 10.2. The predicted molar refractivity (Wildman–Crippen MR) is 153 cm³/mol. The lowest BCUT2D eigenvalue weighted by Crippen LogP contribution is -2.47. The molecule has 1 fully saturated rings. The number of rotatable bonds is 9. The van der Waals surface area contributed by atoms with E-state index in [0.29, 0.717) is 24.3 Å². The van der Waals surface area contributed by atoms with Gasteiger partial charge >= 0.3 is 23.9 Å². The third-order valence-electron chi connectivity index (χ3n) is 5.59. The zero-order chi connectivity index (χ0) is 31.1. The van der Waals surface area contributed by atoms with E-state index >= 15 is 0 Å². The fourth-order valence-electron chi connectivity index (χ4n) is 3.69. The van der Waals surface area contributed by atoms with Gasteiger partial charge in [-0.05, 0) is 23.8 Å². The summed E-state index contributed by atoms with van der Waals surface area (Å²) in [6, 6.07) is 15.2. The van der Waals surface area contributed by atoms with Gasteiger partial charge in [0.2, 0.25) is 0 Å². The highest BCUT2D eigenvalue weighted by molar-refractivity contribution is 7.18. The maximum absolute atomic E-state index is 13.3. The Morgan fingerprint density at radius 2 is 1.33 bits per heavy atom. The summed E-state index contributed by atoms with van der Waals surface area (Å²) < 4.78 is 14.2. The molecular weight excluding hydrogens is 571 g/mol. The van der Waals surface area contributed by atoms with E-state index < -0.39 is 23.9 Å². The Hall–Kier alpha value is -4.50. The predicted octanol–water partition coefficient (Wildman–Crippen LogP) is 2.68. The number of nitrogens with two attached hydrogens (primary N) is 1. The van der Waals surface area contributed by atoms with Crippen LogP contribution in [0.5, 0.6) is 0 Å². The number of piperazine rings is 1. The normalized spacial score (nSPS) is 14.5. The first kappa shape index (κ1) is 33.7. The average Bonchev–Trinajstić information content (AvgIpc) is 3.37. The zero-order valence-corrected chi connectivity index (χ0v) is 23.2. The second kappa shape index (κ2) is 17.3. The molecule has 14 heteroatoms. The van der Waals surface area contributed by atoms with Crippen LogP contribution in [0.4, 0.5) is 4.39 Å². The Morgan fingerprint density at radius 1 is 0.833 bits per heavy atom. The van der Waals surface area contributed by atoms with Crippen LogP contribution in [0.1, 0.15) is 16.6 Å². The highest BCUT2D eigenvalue weighted by Gasteiger charge is 2.21. The molecule has 0 amide bonds. The Balaban J connectivity index is 0.000000319. The molecule has 224 valence electrons. The molecule has 1 aliphatic rings. The van der Waals surface area contributed by atoms with E-state index in [1.54, 1.807) is 6.07 Å². The van der Waals surface area contributed by atoms with Crippen LogP contribution in [0.25, 0.3) is 10.2 Å². The number of hydrogen-bond donors (Lipinski definition) is 5. The van der Waals surface area contributed by atoms with E-state index in [0.717, 1.165) is 54.5 Å². The van der Waals surface area contributed by atoms with Gasteiger partial charge in [0.15, 0.2) is 0 Å². The molecule has 2 aromatic carbocycles. The molecule has 42 heavy (non-hydrogen) atoms. The van der Waals surface area contributed by atoms with E-state index in [-0.39, 0.29) is 11.9 Å². The van der Waals surface area contributed by atoms with Gasteiger partial charge in [0.1, 0.15) is 10.8 Å². The van der Waals surface area contributed by atoms with Crippen LogP contribution in [0.15, 0.2) is 72.8 Å². The van der Waals surface area contributed by atoms with Crippen molar-refractivity contribution in [1.82, 2.24) is 14.8 Å². The molecule has 0 aliphatic carbocycles. The molecule has 2 heterocycles. The molecule has 4 rings (SSSR count). The number of halogens is 1. The van der Waals surface area contributed by atoms with Gasteiger partial charge in [-0.15, -0.1) is 11.3 Å². The number of carbonyl (C=O) groups is 4. The molecule has 12 nitrogen and oxygen atoms in total. The summed E-state index contributed by atoms with van der Waals surface area (Å²) in [4.78, 5) is 47.7. The summed E-state index contributed by atoms with van der Waals surface area (Å²) in [5.74, 6) is -5.25. The molecule has 1 aromatic heterocycles. The van der Waals surface area contributed by atoms with Crippen LogP contribution < -0.4 is 5.73 Å². The van der Waals surface area contributed by atoms with E-state index in [4.69, 9.17) is 26.2 Å². The van der Waals surface area contributed by atoms with E-state index in [1.165, 1.54) is 29.0 Å². The number of carboxylic acid groups (broad SMARTS) is 4. The molecule has 1 saturated heterocycles. The fraction of sp³-hybridized carbons (Fsp3) is 0.250. The van der Waals surface area contributed by atoms with Crippen LogP contribution in [0, 0.1) is 5.82 Å². The molecule has 0 spiro atoms. The fourth-order valence-corrected chi connectivity index (χ4v) is 4.67. The van der Waals surface area contributed by atoms with Crippen molar-refractivity contribution < 1.29 is 44.0 Å². The van der Waals surface area contributed by atoms with Gasteiger partial charge in [-0.2, -0.15) is 0 Å². The van der Waals surface area contributed by atoms with Crippen molar-refractivity contribution in [2.45, 2.75) is 12.6 Å². The smallest absolute Gasteiger partial charge is 0.328 e. The number of aliphatic carboxylic acids is 4. The molecule has 3 aromatic rings. The van der Waals surface area contributed by atoms with Crippen molar-refractivity contribution >= 4 is 45.4 Å². The minimum Gasteiger partial charge on any atom is -0.478 e. The first-order valence-corrected chi connectivity index (χ1v) is 13.3. The number of hydrogen-bond acceptors (Lipinski definition) is 9. The van der Waals surface area contributed by atoms with Gasteiger partial charge in [0, 0.05) is 63.6 Å². The minimum absolute atomic E-state index is 0.129. The molecule has 0 saturated carbocycles. The second-order valence-corrected chi connectivity index (χ2v) is 9.91. The van der Waals surface area contributed by atoms with Gasteiger partial charge in [0.25, 0.3) is 0 Å². The minimum atomic E-state index is -1.26. The summed E-state index contributed by atoms with van der Waals surface area (Å²) in [5.41, 5.74) is 8.57. The van der Waals surface area contributed by atoms with Crippen LogP contribution in [-0.2, 0) is 25.7 Å². The maximum atomic E-state index is 13.3. The molecule has 6 N–H and O–H groups in total. The molecule has 1 aliphatic heterocycles. The summed E-state index contributed by atoms with van der Waals surface area (Å²) in [6.45, 7) is 5.92. The number of thiazole rings is 1. The number of carboxylic acids is 4. The van der Waals surface area contributed by atoms with Crippen LogP contribution in [0.3, 0.4) is 0 Å². The van der Waals surface area contributed by atoms with E-state index in [1.807, 2.05) is 0 Å². The molecule has 0 radical (unpaired) electrons. The average molecular weight is 603 g/mol. The van der Waals surface area contributed by atoms with Crippen molar-refractivity contribution in [2.24, 2.45) is 5.73 Å². The first-order chi connectivity index (χ1) is 19.9. The molecule has 1 unspecified atom stereocenters. The standard InChI is InChI=1S/C20H23FN4S.2C4H4O4/c21-16-6-7-18-19(12-16)26-20(23-18)17(22)14-25-10-8-24(9-11-25)13-15-4-2-1-3-5-15;2*5-3(6)1-2-4(7)8/h1-7,12,17H,8-11,13-14,22H2;2*1-2H,(H,5,6)(H,7,8)/b;2*2-1+. The van der Waals surface area contributed by atoms with Gasteiger partial charge in [-0.25, -0.2) is 28.6 Å². The largest absolute Gasteiger partial charge is 0.478 e. The monoisotopic (exact) mass is 602 g/mol. The second-order valence-electron chi connectivity index (χ2n) is 8.85. The van der Waals surface area contributed by atoms with Crippen LogP contribution >= 0.6 is 11.3 Å².